The fourth-order valence-corrected chi connectivity index (χ4v) is 4.26. The molecule has 0 atom stereocenters. The number of esters is 1. The molecule has 0 aromatic carbocycles. The minimum absolute atomic E-state index is 0.0187. The largest absolute Gasteiger partial charge is 0.461 e. The molecule has 0 unspecified atom stereocenters. The zero-order chi connectivity index (χ0) is 22.8. The Morgan fingerprint density at radius 1 is 1.28 bits per heavy atom. The third kappa shape index (κ3) is 4.38. The molecular formula is C22H23Cl2N5O3. The van der Waals surface area contributed by atoms with Gasteiger partial charge in [-0.3, -0.25) is 9.78 Å². The van der Waals surface area contributed by atoms with Gasteiger partial charge in [0.15, 0.2) is 5.69 Å². The number of fused-ring (bicyclic) bond motifs is 1. The maximum Gasteiger partial charge on any atom is 0.357 e. The quantitative estimate of drug-likeness (QED) is 0.537. The highest BCUT2D eigenvalue weighted by atomic mass is 35.5. The van der Waals surface area contributed by atoms with E-state index in [0.717, 1.165) is 10.8 Å². The molecule has 3 aromatic rings. The average molecular weight is 476 g/mol. The van der Waals surface area contributed by atoms with Crippen molar-refractivity contribution in [3.05, 3.63) is 51.7 Å². The lowest BCUT2D eigenvalue weighted by atomic mass is 10.0. The number of H-pyrrole nitrogens is 1. The molecule has 4 heterocycles. The van der Waals surface area contributed by atoms with Gasteiger partial charge in [0.2, 0.25) is 0 Å². The van der Waals surface area contributed by atoms with Gasteiger partial charge >= 0.3 is 5.97 Å². The van der Waals surface area contributed by atoms with Crippen molar-refractivity contribution in [2.75, 3.05) is 24.6 Å². The summed E-state index contributed by atoms with van der Waals surface area (Å²) in [6.07, 6.45) is 4.86. The van der Waals surface area contributed by atoms with Crippen LogP contribution in [0.4, 0.5) is 5.82 Å². The summed E-state index contributed by atoms with van der Waals surface area (Å²) in [6.45, 7) is 5.13. The van der Waals surface area contributed by atoms with E-state index >= 15 is 0 Å². The Kier molecular flexibility index (Phi) is 6.53. The summed E-state index contributed by atoms with van der Waals surface area (Å²) in [6, 6.07) is 3.55. The Morgan fingerprint density at radius 3 is 2.69 bits per heavy atom. The molecule has 1 amide bonds. The highest BCUT2D eigenvalue weighted by Gasteiger charge is 2.26. The van der Waals surface area contributed by atoms with Gasteiger partial charge in [-0.25, -0.2) is 9.78 Å². The number of amides is 1. The van der Waals surface area contributed by atoms with Gasteiger partial charge in [0.25, 0.3) is 5.91 Å². The van der Waals surface area contributed by atoms with Crippen molar-refractivity contribution < 1.29 is 14.3 Å². The number of carbonyl (C=O) groups excluding carboxylic acids is 2. The van der Waals surface area contributed by atoms with Crippen molar-refractivity contribution in [2.45, 2.75) is 32.7 Å². The van der Waals surface area contributed by atoms with Gasteiger partial charge in [0.05, 0.1) is 16.7 Å². The van der Waals surface area contributed by atoms with Crippen LogP contribution in [0.2, 0.25) is 10.0 Å². The molecule has 1 aliphatic rings. The third-order valence-electron chi connectivity index (χ3n) is 5.51. The van der Waals surface area contributed by atoms with Crippen molar-refractivity contribution in [2.24, 2.45) is 0 Å². The number of aryl methyl sites for hydroxylation is 1. The van der Waals surface area contributed by atoms with E-state index < -0.39 is 5.97 Å². The van der Waals surface area contributed by atoms with E-state index in [-0.39, 0.29) is 35.0 Å². The zero-order valence-electron chi connectivity index (χ0n) is 17.7. The molecule has 0 spiro atoms. The lowest BCUT2D eigenvalue weighted by molar-refractivity contribution is 0.0519. The molecule has 32 heavy (non-hydrogen) atoms. The Hall–Kier alpha value is -2.84. The number of aromatic amines is 1. The summed E-state index contributed by atoms with van der Waals surface area (Å²) in [4.78, 5) is 38.8. The van der Waals surface area contributed by atoms with Gasteiger partial charge in [0, 0.05) is 42.6 Å². The first kappa shape index (κ1) is 22.4. The maximum absolute atomic E-state index is 12.6. The second-order valence-electron chi connectivity index (χ2n) is 7.64. The van der Waals surface area contributed by atoms with Crippen LogP contribution >= 0.6 is 23.2 Å². The molecule has 2 N–H and O–H groups in total. The molecular weight excluding hydrogens is 453 g/mol. The Bertz CT molecular complexity index is 1170. The number of ether oxygens (including phenoxy) is 1. The Balaban J connectivity index is 1.49. The zero-order valence-corrected chi connectivity index (χ0v) is 19.3. The van der Waals surface area contributed by atoms with Crippen molar-refractivity contribution >= 4 is 51.7 Å². The van der Waals surface area contributed by atoms with Gasteiger partial charge in [-0.15, -0.1) is 0 Å². The molecule has 0 radical (unpaired) electrons. The Labute approximate surface area is 195 Å². The van der Waals surface area contributed by atoms with E-state index in [1.165, 1.54) is 0 Å². The molecule has 1 saturated heterocycles. The number of nitrogens with zero attached hydrogens (tertiary/aromatic N) is 3. The first-order chi connectivity index (χ1) is 15.4. The molecule has 8 nitrogen and oxygen atoms in total. The van der Waals surface area contributed by atoms with Crippen LogP contribution in [0.3, 0.4) is 0 Å². The molecule has 0 bridgehead atoms. The summed E-state index contributed by atoms with van der Waals surface area (Å²) in [7, 11) is 0. The first-order valence-electron chi connectivity index (χ1n) is 10.4. The van der Waals surface area contributed by atoms with Gasteiger partial charge in [-0.2, -0.15) is 0 Å². The predicted octanol–water partition coefficient (Wildman–Crippen LogP) is 4.15. The normalized spacial score (nSPS) is 14.6. The molecule has 0 aliphatic carbocycles. The summed E-state index contributed by atoms with van der Waals surface area (Å²) < 4.78 is 5.14. The fourth-order valence-electron chi connectivity index (χ4n) is 3.84. The third-order valence-corrected chi connectivity index (χ3v) is 6.46. The summed E-state index contributed by atoms with van der Waals surface area (Å²) in [5, 5.41) is 5.36. The van der Waals surface area contributed by atoms with Gasteiger partial charge in [-0.05, 0) is 44.2 Å². The second-order valence-corrected chi connectivity index (χ2v) is 8.39. The molecule has 0 saturated carbocycles. The van der Waals surface area contributed by atoms with Crippen LogP contribution in [0.25, 0.3) is 10.8 Å². The number of piperidine rings is 1. The number of aromatic nitrogens is 3. The standard InChI is InChI=1S/C22H23Cl2N5O3/c1-3-32-22(31)16-10-13-4-7-25-11-15(13)20(28-16)29-8-5-14(6-9-29)27-21(30)19-18(24)17(23)12(2)26-19/h4,7,10-11,14,26H,3,5-6,8-9H2,1-2H3,(H,27,30). The number of halogens is 2. The van der Waals surface area contributed by atoms with Gasteiger partial charge in [0.1, 0.15) is 11.5 Å². The van der Waals surface area contributed by atoms with Gasteiger partial charge < -0.3 is 19.9 Å². The van der Waals surface area contributed by atoms with Crippen LogP contribution in [0, 0.1) is 6.92 Å². The van der Waals surface area contributed by atoms with Crippen LogP contribution in [0.15, 0.2) is 24.5 Å². The first-order valence-corrected chi connectivity index (χ1v) is 11.2. The highest BCUT2D eigenvalue weighted by Crippen LogP contribution is 2.30. The number of pyridine rings is 2. The molecule has 1 aliphatic heterocycles. The highest BCUT2D eigenvalue weighted by molar-refractivity contribution is 6.44. The van der Waals surface area contributed by atoms with Crippen LogP contribution in [0.1, 0.15) is 46.4 Å². The molecule has 1 fully saturated rings. The number of hydrogen-bond acceptors (Lipinski definition) is 6. The number of carbonyl (C=O) groups is 2. The van der Waals surface area contributed by atoms with E-state index in [0.29, 0.717) is 42.5 Å². The summed E-state index contributed by atoms with van der Waals surface area (Å²) in [5.41, 5.74) is 1.20. The van der Waals surface area contributed by atoms with Crippen LogP contribution in [-0.2, 0) is 4.74 Å². The lowest BCUT2D eigenvalue weighted by Crippen LogP contribution is -2.45. The van der Waals surface area contributed by atoms with Crippen LogP contribution in [0.5, 0.6) is 0 Å². The summed E-state index contributed by atoms with van der Waals surface area (Å²) >= 11 is 12.2. The van der Waals surface area contributed by atoms with Crippen molar-refractivity contribution in [1.82, 2.24) is 20.3 Å². The number of hydrogen-bond donors (Lipinski definition) is 2. The van der Waals surface area contributed by atoms with E-state index in [2.05, 4.69) is 25.2 Å². The van der Waals surface area contributed by atoms with Gasteiger partial charge in [-0.1, -0.05) is 23.2 Å². The number of rotatable bonds is 5. The predicted molar refractivity (Wildman–Crippen MR) is 124 cm³/mol. The SMILES string of the molecule is CCOC(=O)c1cc2ccncc2c(N2CCC(NC(=O)c3[nH]c(C)c(Cl)c3Cl)CC2)n1. The van der Waals surface area contributed by atoms with E-state index in [1.807, 2.05) is 6.07 Å². The Morgan fingerprint density at radius 2 is 2.03 bits per heavy atom. The van der Waals surface area contributed by atoms with Crippen molar-refractivity contribution in [1.29, 1.82) is 0 Å². The maximum atomic E-state index is 12.6. The second kappa shape index (κ2) is 9.34. The number of nitrogens with one attached hydrogen (secondary N) is 2. The fraction of sp³-hybridized carbons (Fsp3) is 0.364. The molecule has 10 heteroatoms. The topological polar surface area (TPSA) is 100 Å². The molecule has 4 rings (SSSR count). The minimum atomic E-state index is -0.452. The molecule has 168 valence electrons. The average Bonchev–Trinajstić information content (AvgIpc) is 3.06. The van der Waals surface area contributed by atoms with Crippen molar-refractivity contribution in [3.8, 4) is 0 Å². The van der Waals surface area contributed by atoms with Crippen LogP contribution in [-0.4, -0.2) is 52.6 Å². The monoisotopic (exact) mass is 475 g/mol. The van der Waals surface area contributed by atoms with E-state index in [4.69, 9.17) is 27.9 Å². The minimum Gasteiger partial charge on any atom is -0.461 e. The van der Waals surface area contributed by atoms with E-state index in [1.54, 1.807) is 32.3 Å². The smallest absolute Gasteiger partial charge is 0.357 e. The lowest BCUT2D eigenvalue weighted by Gasteiger charge is -2.33. The van der Waals surface area contributed by atoms with Crippen LogP contribution < -0.4 is 10.2 Å². The number of anilines is 1. The van der Waals surface area contributed by atoms with E-state index in [9.17, 15) is 9.59 Å². The molecule has 3 aromatic heterocycles. The van der Waals surface area contributed by atoms with Crippen molar-refractivity contribution in [3.63, 3.8) is 0 Å². The summed E-state index contributed by atoms with van der Waals surface area (Å²) in [5.74, 6) is -0.0369.